The Bertz CT molecular complexity index is 354. The fourth-order valence-electron chi connectivity index (χ4n) is 1.92. The highest BCUT2D eigenvalue weighted by Gasteiger charge is 2.19. The van der Waals surface area contributed by atoms with Crippen molar-refractivity contribution in [2.75, 3.05) is 29.9 Å². The predicted molar refractivity (Wildman–Crippen MR) is 66.5 cm³/mol. The van der Waals surface area contributed by atoms with Crippen molar-refractivity contribution >= 4 is 27.3 Å². The molecule has 1 aromatic rings. The molecule has 4 heteroatoms. The molecule has 82 valence electrons. The van der Waals surface area contributed by atoms with Crippen LogP contribution in [-0.4, -0.2) is 30.8 Å². The molecule has 0 saturated heterocycles. The summed E-state index contributed by atoms with van der Waals surface area (Å²) in [5.74, 6) is 0. The SMILES string of the molecule is CC(O)CN1CCNc2cccc(Br)c21. The van der Waals surface area contributed by atoms with Gasteiger partial charge in [-0.1, -0.05) is 6.07 Å². The quantitative estimate of drug-likeness (QED) is 0.864. The number of nitrogens with one attached hydrogen (secondary N) is 1. The lowest BCUT2D eigenvalue weighted by Crippen LogP contribution is -2.38. The molecule has 1 aromatic carbocycles. The van der Waals surface area contributed by atoms with E-state index in [1.165, 1.54) is 0 Å². The number of anilines is 2. The average molecular weight is 271 g/mol. The van der Waals surface area contributed by atoms with Crippen molar-refractivity contribution in [1.29, 1.82) is 0 Å². The highest BCUT2D eigenvalue weighted by atomic mass is 79.9. The Hall–Kier alpha value is -0.740. The van der Waals surface area contributed by atoms with E-state index in [0.717, 1.165) is 28.9 Å². The molecule has 3 nitrogen and oxygen atoms in total. The molecule has 0 aliphatic carbocycles. The summed E-state index contributed by atoms with van der Waals surface area (Å²) in [5.41, 5.74) is 2.29. The molecular weight excluding hydrogens is 256 g/mol. The number of benzene rings is 1. The number of hydrogen-bond acceptors (Lipinski definition) is 3. The van der Waals surface area contributed by atoms with Gasteiger partial charge in [0.25, 0.3) is 0 Å². The third kappa shape index (κ3) is 2.26. The van der Waals surface area contributed by atoms with E-state index in [0.29, 0.717) is 6.54 Å². The summed E-state index contributed by atoms with van der Waals surface area (Å²) in [5, 5.41) is 12.8. The van der Waals surface area contributed by atoms with Gasteiger partial charge in [-0.15, -0.1) is 0 Å². The number of halogens is 1. The number of β-amino-alcohol motifs (C(OH)–C–C–N with tert-alkyl or cyclic N) is 1. The Labute approximate surface area is 98.2 Å². The zero-order chi connectivity index (χ0) is 10.8. The summed E-state index contributed by atoms with van der Waals surface area (Å²) in [6.07, 6.45) is -0.303. The van der Waals surface area contributed by atoms with Crippen LogP contribution in [0.2, 0.25) is 0 Å². The van der Waals surface area contributed by atoms with Crippen molar-refractivity contribution in [2.45, 2.75) is 13.0 Å². The summed E-state index contributed by atoms with van der Waals surface area (Å²) in [6, 6.07) is 6.11. The van der Waals surface area contributed by atoms with E-state index in [-0.39, 0.29) is 6.10 Å². The second kappa shape index (κ2) is 4.41. The van der Waals surface area contributed by atoms with Crippen molar-refractivity contribution in [3.8, 4) is 0 Å². The molecule has 2 N–H and O–H groups in total. The first-order valence-electron chi connectivity index (χ1n) is 5.14. The summed E-state index contributed by atoms with van der Waals surface area (Å²) < 4.78 is 1.08. The maximum atomic E-state index is 9.44. The highest BCUT2D eigenvalue weighted by Crippen LogP contribution is 2.36. The van der Waals surface area contributed by atoms with Crippen molar-refractivity contribution in [1.82, 2.24) is 0 Å². The van der Waals surface area contributed by atoms with Gasteiger partial charge in [0.2, 0.25) is 0 Å². The molecule has 1 unspecified atom stereocenters. The normalized spacial score (nSPS) is 16.9. The highest BCUT2D eigenvalue weighted by molar-refractivity contribution is 9.10. The number of rotatable bonds is 2. The van der Waals surface area contributed by atoms with Crippen LogP contribution in [0.5, 0.6) is 0 Å². The number of aliphatic hydroxyl groups is 1. The first-order chi connectivity index (χ1) is 7.18. The predicted octanol–water partition coefficient (Wildman–Crippen LogP) is 2.06. The van der Waals surface area contributed by atoms with Gasteiger partial charge in [-0.3, -0.25) is 0 Å². The van der Waals surface area contributed by atoms with Gasteiger partial charge in [0.05, 0.1) is 17.5 Å². The molecule has 1 aliphatic rings. The Morgan fingerprint density at radius 3 is 3.13 bits per heavy atom. The summed E-state index contributed by atoms with van der Waals surface area (Å²) in [6.45, 7) is 4.35. The van der Waals surface area contributed by atoms with Crippen LogP contribution >= 0.6 is 15.9 Å². The molecule has 2 rings (SSSR count). The molecule has 0 fully saturated rings. The topological polar surface area (TPSA) is 35.5 Å². The molecule has 1 atom stereocenters. The molecule has 15 heavy (non-hydrogen) atoms. The van der Waals surface area contributed by atoms with Crippen LogP contribution in [-0.2, 0) is 0 Å². The van der Waals surface area contributed by atoms with Crippen LogP contribution in [0, 0.1) is 0 Å². The van der Waals surface area contributed by atoms with Gasteiger partial charge in [-0.05, 0) is 35.0 Å². The zero-order valence-electron chi connectivity index (χ0n) is 8.70. The standard InChI is InChI=1S/C11H15BrN2O/c1-8(15)7-14-6-5-13-10-4-2-3-9(12)11(10)14/h2-4,8,13,15H,5-7H2,1H3. The Morgan fingerprint density at radius 2 is 2.40 bits per heavy atom. The number of nitrogens with zero attached hydrogens (tertiary/aromatic N) is 1. The molecule has 0 radical (unpaired) electrons. The maximum absolute atomic E-state index is 9.44. The third-order valence-electron chi connectivity index (χ3n) is 2.48. The molecule has 0 amide bonds. The first kappa shape index (κ1) is 10.8. The lowest BCUT2D eigenvalue weighted by molar-refractivity contribution is 0.200. The fraction of sp³-hybridized carbons (Fsp3) is 0.455. The van der Waals surface area contributed by atoms with Gasteiger partial charge in [-0.2, -0.15) is 0 Å². The summed E-state index contributed by atoms with van der Waals surface area (Å²) >= 11 is 3.55. The van der Waals surface area contributed by atoms with Crippen LogP contribution in [0.25, 0.3) is 0 Å². The largest absolute Gasteiger partial charge is 0.392 e. The molecule has 0 saturated carbocycles. The smallest absolute Gasteiger partial charge is 0.0747 e. The Morgan fingerprint density at radius 1 is 1.60 bits per heavy atom. The number of aliphatic hydroxyl groups excluding tert-OH is 1. The van der Waals surface area contributed by atoms with Gasteiger partial charge in [0, 0.05) is 24.1 Å². The first-order valence-corrected chi connectivity index (χ1v) is 5.93. The van der Waals surface area contributed by atoms with E-state index < -0.39 is 0 Å². The van der Waals surface area contributed by atoms with Crippen molar-refractivity contribution < 1.29 is 5.11 Å². The van der Waals surface area contributed by atoms with Gasteiger partial charge in [-0.25, -0.2) is 0 Å². The van der Waals surface area contributed by atoms with Crippen molar-refractivity contribution in [3.05, 3.63) is 22.7 Å². The van der Waals surface area contributed by atoms with Crippen LogP contribution in [0.3, 0.4) is 0 Å². The number of para-hydroxylation sites is 1. The van der Waals surface area contributed by atoms with Crippen LogP contribution in [0.15, 0.2) is 22.7 Å². The molecule has 1 aliphatic heterocycles. The molecule has 1 heterocycles. The van der Waals surface area contributed by atoms with E-state index in [2.05, 4.69) is 32.2 Å². The molecule has 0 bridgehead atoms. The minimum Gasteiger partial charge on any atom is -0.392 e. The van der Waals surface area contributed by atoms with E-state index in [1.807, 2.05) is 19.1 Å². The second-order valence-corrected chi connectivity index (χ2v) is 4.71. The van der Waals surface area contributed by atoms with E-state index >= 15 is 0 Å². The Balaban J connectivity index is 2.32. The monoisotopic (exact) mass is 270 g/mol. The van der Waals surface area contributed by atoms with Crippen molar-refractivity contribution in [3.63, 3.8) is 0 Å². The second-order valence-electron chi connectivity index (χ2n) is 3.86. The van der Waals surface area contributed by atoms with Gasteiger partial charge in [0.15, 0.2) is 0 Å². The minimum atomic E-state index is -0.303. The lowest BCUT2D eigenvalue weighted by Gasteiger charge is -2.33. The molecule has 0 aromatic heterocycles. The molecular formula is C11H15BrN2O. The number of fused-ring (bicyclic) bond motifs is 1. The minimum absolute atomic E-state index is 0.303. The average Bonchev–Trinajstić information content (AvgIpc) is 2.17. The summed E-state index contributed by atoms with van der Waals surface area (Å²) in [4.78, 5) is 2.21. The number of hydrogen-bond donors (Lipinski definition) is 2. The summed E-state index contributed by atoms with van der Waals surface area (Å²) in [7, 11) is 0. The lowest BCUT2D eigenvalue weighted by atomic mass is 10.2. The van der Waals surface area contributed by atoms with Crippen molar-refractivity contribution in [2.24, 2.45) is 0 Å². The molecule has 0 spiro atoms. The van der Waals surface area contributed by atoms with E-state index in [9.17, 15) is 5.11 Å². The van der Waals surface area contributed by atoms with Gasteiger partial charge >= 0.3 is 0 Å². The fourth-order valence-corrected chi connectivity index (χ4v) is 2.54. The zero-order valence-corrected chi connectivity index (χ0v) is 10.3. The van der Waals surface area contributed by atoms with Gasteiger partial charge in [0.1, 0.15) is 0 Å². The maximum Gasteiger partial charge on any atom is 0.0747 e. The van der Waals surface area contributed by atoms with E-state index in [1.54, 1.807) is 0 Å². The van der Waals surface area contributed by atoms with E-state index in [4.69, 9.17) is 0 Å². The van der Waals surface area contributed by atoms with Crippen LogP contribution < -0.4 is 10.2 Å². The van der Waals surface area contributed by atoms with Crippen LogP contribution in [0.4, 0.5) is 11.4 Å². The van der Waals surface area contributed by atoms with Gasteiger partial charge < -0.3 is 15.3 Å². The Kier molecular flexibility index (Phi) is 3.17. The third-order valence-corrected chi connectivity index (χ3v) is 3.12. The van der Waals surface area contributed by atoms with Crippen LogP contribution in [0.1, 0.15) is 6.92 Å².